The van der Waals surface area contributed by atoms with Crippen molar-refractivity contribution >= 4 is 17.3 Å². The summed E-state index contributed by atoms with van der Waals surface area (Å²) >= 11 is 1.93. The van der Waals surface area contributed by atoms with Crippen molar-refractivity contribution < 1.29 is 14.6 Å². The second kappa shape index (κ2) is 9.99. The van der Waals surface area contributed by atoms with Crippen LogP contribution in [0.15, 0.2) is 54.6 Å². The molecule has 4 rings (SSSR count). The summed E-state index contributed by atoms with van der Waals surface area (Å²) in [5, 5.41) is 18.1. The fourth-order valence-corrected chi connectivity index (χ4v) is 5.16. The molecule has 1 aliphatic heterocycles. The number of benzene rings is 2. The van der Waals surface area contributed by atoms with Crippen LogP contribution in [0.25, 0.3) is 0 Å². The van der Waals surface area contributed by atoms with Gasteiger partial charge in [0, 0.05) is 29.4 Å². The summed E-state index contributed by atoms with van der Waals surface area (Å²) in [5.41, 5.74) is 4.55. The number of aryl methyl sites for hydroxylation is 1. The number of carbonyl (C=O) groups is 1. The van der Waals surface area contributed by atoms with Gasteiger partial charge >= 0.3 is 5.97 Å². The Morgan fingerprint density at radius 3 is 2.75 bits per heavy atom. The lowest BCUT2D eigenvalue weighted by atomic mass is 9.97. The van der Waals surface area contributed by atoms with Crippen LogP contribution in [-0.4, -0.2) is 22.5 Å². The van der Waals surface area contributed by atoms with Crippen molar-refractivity contribution in [2.75, 3.05) is 6.54 Å². The summed E-state index contributed by atoms with van der Waals surface area (Å²) in [5.74, 6) is -0.933. The van der Waals surface area contributed by atoms with Crippen molar-refractivity contribution in [2.45, 2.75) is 45.4 Å². The molecule has 0 saturated carbocycles. The van der Waals surface area contributed by atoms with Crippen LogP contribution in [0.1, 0.15) is 44.3 Å². The Labute approximate surface area is 192 Å². The Kier molecular flexibility index (Phi) is 6.89. The number of fused-ring (bicyclic) bond motifs is 1. The third kappa shape index (κ3) is 5.56. The number of thiophene rings is 1. The highest BCUT2D eigenvalue weighted by atomic mass is 32.1. The minimum atomic E-state index is -0.979. The van der Waals surface area contributed by atoms with Crippen LogP contribution in [0.5, 0.6) is 5.75 Å². The molecular formula is C26H26N2O3S. The first kappa shape index (κ1) is 22.1. The van der Waals surface area contributed by atoms with Crippen LogP contribution >= 0.6 is 11.3 Å². The van der Waals surface area contributed by atoms with Crippen molar-refractivity contribution in [2.24, 2.45) is 0 Å². The second-order valence-corrected chi connectivity index (χ2v) is 9.56. The minimum Gasteiger partial charge on any atom is -0.489 e. The van der Waals surface area contributed by atoms with Crippen molar-refractivity contribution in [3.63, 3.8) is 0 Å². The van der Waals surface area contributed by atoms with Crippen LogP contribution in [0.2, 0.25) is 0 Å². The predicted octanol–water partition coefficient (Wildman–Crippen LogP) is 5.28. The molecule has 0 spiro atoms. The molecule has 0 fully saturated rings. The number of nitrogens with zero attached hydrogens (tertiary/aromatic N) is 2. The Hall–Kier alpha value is -3.14. The Balaban J connectivity index is 1.33. The maximum Gasteiger partial charge on any atom is 0.305 e. The van der Waals surface area contributed by atoms with Gasteiger partial charge in [-0.1, -0.05) is 36.4 Å². The van der Waals surface area contributed by atoms with Crippen LogP contribution < -0.4 is 4.74 Å². The van der Waals surface area contributed by atoms with E-state index < -0.39 is 11.9 Å². The summed E-state index contributed by atoms with van der Waals surface area (Å²) in [6, 6.07) is 20.0. The van der Waals surface area contributed by atoms with Gasteiger partial charge in [-0.3, -0.25) is 9.69 Å². The van der Waals surface area contributed by atoms with Gasteiger partial charge in [-0.05, 0) is 53.8 Å². The molecule has 0 radical (unpaired) electrons. The molecule has 1 aromatic heterocycles. The monoisotopic (exact) mass is 446 g/mol. The number of aliphatic carboxylic acids is 1. The number of hydrogen-bond acceptors (Lipinski definition) is 5. The maximum absolute atomic E-state index is 10.9. The standard InChI is InChI=1S/C26H26N2O3S/c1-18-11-23-16-28(10-9-25(23)32-18)15-19-3-2-4-20(12-19)17-31-24-7-5-21(6-8-24)22(14-27)13-26(29)30/h2-8,11-12,22H,9-10,13,15-17H2,1H3,(H,29,30). The summed E-state index contributed by atoms with van der Waals surface area (Å²) in [6.07, 6.45) is 0.930. The van der Waals surface area contributed by atoms with Gasteiger partial charge in [-0.25, -0.2) is 0 Å². The molecule has 0 bridgehead atoms. The molecule has 1 unspecified atom stereocenters. The molecule has 0 amide bonds. The predicted molar refractivity (Wildman–Crippen MR) is 125 cm³/mol. The van der Waals surface area contributed by atoms with E-state index in [9.17, 15) is 10.1 Å². The van der Waals surface area contributed by atoms with E-state index in [1.165, 1.54) is 20.9 Å². The fourth-order valence-electron chi connectivity index (χ4n) is 4.13. The largest absolute Gasteiger partial charge is 0.489 e. The number of hydrogen-bond donors (Lipinski definition) is 1. The van der Waals surface area contributed by atoms with Crippen molar-refractivity contribution in [3.8, 4) is 11.8 Å². The zero-order valence-corrected chi connectivity index (χ0v) is 18.9. The highest BCUT2D eigenvalue weighted by Crippen LogP contribution is 2.28. The fraction of sp³-hybridized carbons (Fsp3) is 0.308. The molecule has 2 aromatic carbocycles. The van der Waals surface area contributed by atoms with Gasteiger partial charge in [-0.2, -0.15) is 5.26 Å². The van der Waals surface area contributed by atoms with E-state index in [0.717, 1.165) is 31.6 Å². The lowest BCUT2D eigenvalue weighted by Crippen LogP contribution is -2.29. The highest BCUT2D eigenvalue weighted by molar-refractivity contribution is 7.12. The molecule has 0 aliphatic carbocycles. The van der Waals surface area contributed by atoms with Crippen molar-refractivity contribution in [1.29, 1.82) is 5.26 Å². The van der Waals surface area contributed by atoms with Crippen LogP contribution in [-0.2, 0) is 30.9 Å². The van der Waals surface area contributed by atoms with E-state index >= 15 is 0 Å². The lowest BCUT2D eigenvalue weighted by molar-refractivity contribution is -0.137. The molecule has 6 heteroatoms. The average Bonchev–Trinajstić information content (AvgIpc) is 3.16. The van der Waals surface area contributed by atoms with Crippen molar-refractivity contribution in [1.82, 2.24) is 4.90 Å². The van der Waals surface area contributed by atoms with E-state index in [0.29, 0.717) is 17.9 Å². The molecular weight excluding hydrogens is 420 g/mol. The lowest BCUT2D eigenvalue weighted by Gasteiger charge is -2.27. The summed E-state index contributed by atoms with van der Waals surface area (Å²) in [7, 11) is 0. The van der Waals surface area contributed by atoms with E-state index in [1.54, 1.807) is 24.3 Å². The van der Waals surface area contributed by atoms with E-state index in [4.69, 9.17) is 9.84 Å². The molecule has 164 valence electrons. The summed E-state index contributed by atoms with van der Waals surface area (Å²) in [4.78, 5) is 16.3. The van der Waals surface area contributed by atoms with E-state index in [-0.39, 0.29) is 6.42 Å². The van der Waals surface area contributed by atoms with Crippen LogP contribution in [0.3, 0.4) is 0 Å². The highest BCUT2D eigenvalue weighted by Gasteiger charge is 2.18. The first-order valence-corrected chi connectivity index (χ1v) is 11.5. The quantitative estimate of drug-likeness (QED) is 0.510. The first-order valence-electron chi connectivity index (χ1n) is 10.7. The van der Waals surface area contributed by atoms with Gasteiger partial charge in [0.1, 0.15) is 12.4 Å². The van der Waals surface area contributed by atoms with E-state index in [2.05, 4.69) is 42.2 Å². The molecule has 32 heavy (non-hydrogen) atoms. The van der Waals surface area contributed by atoms with Crippen LogP contribution in [0, 0.1) is 18.3 Å². The van der Waals surface area contributed by atoms with E-state index in [1.807, 2.05) is 17.4 Å². The molecule has 1 aliphatic rings. The first-order chi connectivity index (χ1) is 15.5. The van der Waals surface area contributed by atoms with Gasteiger partial charge in [-0.15, -0.1) is 11.3 Å². The van der Waals surface area contributed by atoms with Crippen molar-refractivity contribution in [3.05, 3.63) is 86.6 Å². The maximum atomic E-state index is 10.9. The molecule has 2 heterocycles. The van der Waals surface area contributed by atoms with Gasteiger partial charge in [0.25, 0.3) is 0 Å². The Bertz CT molecular complexity index is 1130. The van der Waals surface area contributed by atoms with Gasteiger partial charge in [0.05, 0.1) is 18.4 Å². The zero-order chi connectivity index (χ0) is 22.5. The second-order valence-electron chi connectivity index (χ2n) is 8.22. The summed E-state index contributed by atoms with van der Waals surface area (Å²) < 4.78 is 5.92. The number of nitriles is 1. The van der Waals surface area contributed by atoms with Gasteiger partial charge < -0.3 is 9.84 Å². The average molecular weight is 447 g/mol. The molecule has 0 saturated heterocycles. The van der Waals surface area contributed by atoms with Crippen LogP contribution in [0.4, 0.5) is 0 Å². The smallest absolute Gasteiger partial charge is 0.305 e. The summed E-state index contributed by atoms with van der Waals surface area (Å²) in [6.45, 7) is 5.67. The normalized spacial score (nSPS) is 14.4. The zero-order valence-electron chi connectivity index (χ0n) is 18.1. The Morgan fingerprint density at radius 2 is 2.00 bits per heavy atom. The number of ether oxygens (including phenoxy) is 1. The third-order valence-corrected chi connectivity index (χ3v) is 6.84. The van der Waals surface area contributed by atoms with Gasteiger partial charge in [0.15, 0.2) is 0 Å². The topological polar surface area (TPSA) is 73.6 Å². The Morgan fingerprint density at radius 1 is 1.22 bits per heavy atom. The molecule has 1 N–H and O–H groups in total. The SMILES string of the molecule is Cc1cc2c(s1)CCN(Cc1cccc(COc3ccc(C(C#N)CC(=O)O)cc3)c1)C2. The molecule has 1 atom stereocenters. The number of carboxylic acids is 1. The number of carboxylic acid groups (broad SMARTS) is 1. The minimum absolute atomic E-state index is 0.201. The molecule has 5 nitrogen and oxygen atoms in total. The molecule has 3 aromatic rings. The number of rotatable bonds is 8. The third-order valence-electron chi connectivity index (χ3n) is 5.69. The van der Waals surface area contributed by atoms with Gasteiger partial charge in [0.2, 0.25) is 0 Å².